The van der Waals surface area contributed by atoms with Gasteiger partial charge in [0, 0.05) is 49.6 Å². The highest BCUT2D eigenvalue weighted by atomic mass is 32.2. The van der Waals surface area contributed by atoms with Crippen LogP contribution < -0.4 is 5.32 Å². The molecular weight excluding hydrogens is 586 g/mol. The van der Waals surface area contributed by atoms with Gasteiger partial charge in [0.2, 0.25) is 5.91 Å². The van der Waals surface area contributed by atoms with E-state index in [0.29, 0.717) is 17.0 Å². The van der Waals surface area contributed by atoms with Crippen molar-refractivity contribution in [3.05, 3.63) is 71.9 Å². The van der Waals surface area contributed by atoms with Crippen molar-refractivity contribution in [3.8, 4) is 0 Å². The van der Waals surface area contributed by atoms with Crippen LogP contribution in [0.3, 0.4) is 0 Å². The molecule has 0 spiro atoms. The van der Waals surface area contributed by atoms with Gasteiger partial charge >= 0.3 is 6.16 Å². The molecule has 15 heteroatoms. The molecule has 1 aromatic rings. The molecule has 1 fully saturated rings. The molecule has 228 valence electrons. The van der Waals surface area contributed by atoms with Gasteiger partial charge in [0.05, 0.1) is 6.26 Å². The van der Waals surface area contributed by atoms with E-state index >= 15 is 0 Å². The second kappa shape index (κ2) is 13.8. The average Bonchev–Trinajstić information content (AvgIpc) is 3.53. The SMILES string of the molecule is C=C/C=C1\C(=C/C)C(COC(=O)ON2C(=O)CCC2=O)c2cc(NC(=O)CCN3C(=O)C=CC3=O)ccc21.CS(=O)(=O)O. The van der Waals surface area contributed by atoms with Crippen LogP contribution in [0.1, 0.15) is 43.2 Å². The molecule has 0 bridgehead atoms. The minimum atomic E-state index is -3.67. The number of allylic oxidation sites excluding steroid dienone is 4. The van der Waals surface area contributed by atoms with Crippen molar-refractivity contribution in [2.75, 3.05) is 24.7 Å². The Morgan fingerprint density at radius 2 is 1.72 bits per heavy atom. The Kier molecular flexibility index (Phi) is 10.5. The Morgan fingerprint density at radius 1 is 1.12 bits per heavy atom. The van der Waals surface area contributed by atoms with Gasteiger partial charge in [-0.25, -0.2) is 4.79 Å². The van der Waals surface area contributed by atoms with Crippen LogP contribution in [0.15, 0.2) is 60.7 Å². The van der Waals surface area contributed by atoms with Crippen molar-refractivity contribution < 1.29 is 51.3 Å². The van der Waals surface area contributed by atoms with E-state index in [0.717, 1.165) is 39.3 Å². The van der Waals surface area contributed by atoms with Crippen LogP contribution in [-0.2, 0) is 43.7 Å². The first-order chi connectivity index (χ1) is 20.2. The predicted octanol–water partition coefficient (Wildman–Crippen LogP) is 2.27. The maximum atomic E-state index is 12.5. The fraction of sp³-hybridized carbons (Fsp3) is 0.286. The molecule has 5 amide bonds. The molecule has 1 unspecified atom stereocenters. The highest BCUT2D eigenvalue weighted by molar-refractivity contribution is 7.85. The average molecular weight is 616 g/mol. The number of benzene rings is 1. The first-order valence-corrected chi connectivity index (χ1v) is 14.7. The smallest absolute Gasteiger partial charge is 0.432 e. The highest BCUT2D eigenvalue weighted by Gasteiger charge is 2.35. The van der Waals surface area contributed by atoms with Gasteiger partial charge in [-0.1, -0.05) is 35.9 Å². The zero-order valence-electron chi connectivity index (χ0n) is 23.3. The number of anilines is 1. The van der Waals surface area contributed by atoms with Gasteiger partial charge in [0.15, 0.2) is 0 Å². The van der Waals surface area contributed by atoms with E-state index in [4.69, 9.17) is 14.1 Å². The third-order valence-corrected chi connectivity index (χ3v) is 6.29. The molecule has 4 rings (SSSR count). The lowest BCUT2D eigenvalue weighted by molar-refractivity contribution is -0.177. The van der Waals surface area contributed by atoms with Crippen molar-refractivity contribution in [2.24, 2.45) is 0 Å². The molecule has 43 heavy (non-hydrogen) atoms. The Labute approximate surface area is 247 Å². The predicted molar refractivity (Wildman–Crippen MR) is 151 cm³/mol. The highest BCUT2D eigenvalue weighted by Crippen LogP contribution is 2.46. The van der Waals surface area contributed by atoms with E-state index in [1.165, 1.54) is 0 Å². The van der Waals surface area contributed by atoms with Crippen molar-refractivity contribution in [1.29, 1.82) is 0 Å². The Hall–Kier alpha value is -4.89. The number of hydrogen-bond acceptors (Lipinski definition) is 10. The number of amides is 5. The molecule has 1 saturated heterocycles. The maximum Gasteiger partial charge on any atom is 0.533 e. The first-order valence-electron chi connectivity index (χ1n) is 12.8. The standard InChI is InChI=1S/C27H25N3O8.CH4O3S/c1-3-5-18-17(4-2)21(15-37-27(36)38-30-25(34)10-11-26(30)35)20-14-16(6-7-19(18)20)28-22(31)12-13-29-23(32)8-9-24(29)33;1-5(2,3)4/h3-9,14,21H,1,10-13,15H2,2H3,(H,28,31);1H3,(H,2,3,4)/b17-4+,18-5+;. The van der Waals surface area contributed by atoms with Crippen molar-refractivity contribution >= 4 is 57.1 Å². The second-order valence-electron chi connectivity index (χ2n) is 9.34. The number of hydrogen-bond donors (Lipinski definition) is 2. The Morgan fingerprint density at radius 3 is 2.28 bits per heavy atom. The van der Waals surface area contributed by atoms with E-state index in [1.54, 1.807) is 18.2 Å². The van der Waals surface area contributed by atoms with Crippen molar-refractivity contribution in [1.82, 2.24) is 9.96 Å². The van der Waals surface area contributed by atoms with Gasteiger partial charge < -0.3 is 10.1 Å². The second-order valence-corrected chi connectivity index (χ2v) is 10.8. The monoisotopic (exact) mass is 615 g/mol. The Bertz CT molecular complexity index is 1530. The third-order valence-electron chi connectivity index (χ3n) is 6.29. The largest absolute Gasteiger partial charge is 0.533 e. The third kappa shape index (κ3) is 8.56. The number of carbonyl (C=O) groups is 6. The van der Waals surface area contributed by atoms with Crippen LogP contribution in [0.25, 0.3) is 5.57 Å². The molecule has 1 aliphatic carbocycles. The fourth-order valence-electron chi connectivity index (χ4n) is 4.52. The van der Waals surface area contributed by atoms with E-state index < -0.39 is 45.8 Å². The van der Waals surface area contributed by atoms with Gasteiger partial charge in [-0.2, -0.15) is 8.42 Å². The molecule has 0 saturated carbocycles. The van der Waals surface area contributed by atoms with E-state index in [-0.39, 0.29) is 38.3 Å². The molecule has 3 aliphatic rings. The number of nitrogens with one attached hydrogen (secondary N) is 1. The number of carbonyl (C=O) groups excluding carboxylic acids is 6. The molecule has 14 nitrogen and oxygen atoms in total. The fourth-order valence-corrected chi connectivity index (χ4v) is 4.52. The van der Waals surface area contributed by atoms with Gasteiger partial charge in [-0.3, -0.25) is 38.3 Å². The van der Waals surface area contributed by atoms with E-state index in [1.807, 2.05) is 25.1 Å². The van der Waals surface area contributed by atoms with Gasteiger partial charge in [0.25, 0.3) is 33.7 Å². The summed E-state index contributed by atoms with van der Waals surface area (Å²) < 4.78 is 31.1. The molecule has 1 atom stereocenters. The molecule has 2 heterocycles. The lowest BCUT2D eigenvalue weighted by atomic mass is 9.97. The summed E-state index contributed by atoms with van der Waals surface area (Å²) in [5.74, 6) is -2.96. The summed E-state index contributed by atoms with van der Waals surface area (Å²) in [7, 11) is -3.67. The molecule has 1 aromatic carbocycles. The lowest BCUT2D eigenvalue weighted by Crippen LogP contribution is -2.33. The lowest BCUT2D eigenvalue weighted by Gasteiger charge is -2.17. The summed E-state index contributed by atoms with van der Waals surface area (Å²) >= 11 is 0. The van der Waals surface area contributed by atoms with Crippen LogP contribution in [0, 0.1) is 0 Å². The normalized spacial score (nSPS) is 19.5. The van der Waals surface area contributed by atoms with Crippen LogP contribution >= 0.6 is 0 Å². The minimum Gasteiger partial charge on any atom is -0.432 e. The summed E-state index contributed by atoms with van der Waals surface area (Å²) in [5.41, 5.74) is 3.80. The zero-order valence-corrected chi connectivity index (χ0v) is 24.1. The molecule has 2 aliphatic heterocycles. The maximum absolute atomic E-state index is 12.5. The quantitative estimate of drug-likeness (QED) is 0.247. The van der Waals surface area contributed by atoms with Crippen LogP contribution in [0.5, 0.6) is 0 Å². The molecule has 0 aromatic heterocycles. The van der Waals surface area contributed by atoms with Crippen LogP contribution in [0.4, 0.5) is 10.5 Å². The van der Waals surface area contributed by atoms with Crippen molar-refractivity contribution in [3.63, 3.8) is 0 Å². The number of imide groups is 2. The Balaban J connectivity index is 0.000000934. The summed E-state index contributed by atoms with van der Waals surface area (Å²) in [4.78, 5) is 77.4. The summed E-state index contributed by atoms with van der Waals surface area (Å²) in [6.07, 6.45) is 7.04. The zero-order chi connectivity index (χ0) is 31.9. The summed E-state index contributed by atoms with van der Waals surface area (Å²) in [6, 6.07) is 5.29. The number of fused-ring (bicyclic) bond motifs is 1. The topological polar surface area (TPSA) is 194 Å². The molecule has 2 N–H and O–H groups in total. The number of hydroxylamine groups is 2. The number of rotatable bonds is 8. The van der Waals surface area contributed by atoms with E-state index in [9.17, 15) is 37.2 Å². The van der Waals surface area contributed by atoms with E-state index in [2.05, 4.69) is 11.9 Å². The van der Waals surface area contributed by atoms with Gasteiger partial charge in [-0.05, 0) is 41.3 Å². The van der Waals surface area contributed by atoms with Crippen LogP contribution in [0.2, 0.25) is 0 Å². The summed E-state index contributed by atoms with van der Waals surface area (Å²) in [6.45, 7) is 5.40. The first kappa shape index (κ1) is 32.6. The van der Waals surface area contributed by atoms with Gasteiger partial charge in [0.1, 0.15) is 6.61 Å². The van der Waals surface area contributed by atoms with Crippen molar-refractivity contribution in [2.45, 2.75) is 32.1 Å². The number of nitrogens with zero attached hydrogens (tertiary/aromatic N) is 2. The van der Waals surface area contributed by atoms with Gasteiger partial charge in [-0.15, -0.1) is 0 Å². The minimum absolute atomic E-state index is 0.0312. The molecular formula is C28H29N3O11S. The van der Waals surface area contributed by atoms with Crippen LogP contribution in [-0.4, -0.2) is 78.0 Å². The summed E-state index contributed by atoms with van der Waals surface area (Å²) in [5, 5.41) is 3.18. The molecule has 0 radical (unpaired) electrons. The number of ether oxygens (including phenoxy) is 1.